The summed E-state index contributed by atoms with van der Waals surface area (Å²) >= 11 is 5.71. The molecule has 2 heterocycles. The Morgan fingerprint density at radius 1 is 1.35 bits per heavy atom. The lowest BCUT2D eigenvalue weighted by Gasteiger charge is -2.51. The summed E-state index contributed by atoms with van der Waals surface area (Å²) in [6.07, 6.45) is 4.16. The van der Waals surface area contributed by atoms with Crippen molar-refractivity contribution in [1.82, 2.24) is 14.5 Å². The van der Waals surface area contributed by atoms with Crippen LogP contribution in [0.25, 0.3) is 0 Å². The summed E-state index contributed by atoms with van der Waals surface area (Å²) in [5, 5.41) is 20.7. The van der Waals surface area contributed by atoms with E-state index in [0.29, 0.717) is 13.0 Å². The third-order valence-electron chi connectivity index (χ3n) is 5.39. The van der Waals surface area contributed by atoms with E-state index in [2.05, 4.69) is 4.98 Å². The average Bonchev–Trinajstić information content (AvgIpc) is 2.95. The zero-order chi connectivity index (χ0) is 16.7. The predicted octanol–water partition coefficient (Wildman–Crippen LogP) is 1.57. The van der Waals surface area contributed by atoms with E-state index < -0.39 is 17.1 Å². The molecule has 8 heteroatoms. The van der Waals surface area contributed by atoms with Crippen molar-refractivity contribution in [3.05, 3.63) is 27.9 Å². The van der Waals surface area contributed by atoms with Crippen LogP contribution in [0.4, 0.5) is 4.79 Å². The number of aromatic nitrogens is 2. The van der Waals surface area contributed by atoms with E-state index in [1.165, 1.54) is 21.9 Å². The minimum Gasteiger partial charge on any atom is -0.465 e. The molecule has 1 amide bonds. The predicted molar refractivity (Wildman–Crippen MR) is 83.6 cm³/mol. The van der Waals surface area contributed by atoms with Gasteiger partial charge in [-0.2, -0.15) is 0 Å². The number of piperidine rings is 1. The highest BCUT2D eigenvalue weighted by atomic mass is 35.5. The van der Waals surface area contributed by atoms with Crippen LogP contribution in [0.15, 0.2) is 17.2 Å². The van der Waals surface area contributed by atoms with Crippen molar-refractivity contribution in [2.24, 2.45) is 5.41 Å². The van der Waals surface area contributed by atoms with E-state index in [-0.39, 0.29) is 23.8 Å². The van der Waals surface area contributed by atoms with Crippen molar-refractivity contribution in [1.29, 1.82) is 0 Å². The van der Waals surface area contributed by atoms with Crippen LogP contribution in [0.3, 0.4) is 0 Å². The van der Waals surface area contributed by atoms with Crippen molar-refractivity contribution in [2.45, 2.75) is 44.2 Å². The number of amides is 1. The molecular formula is C15H20ClN3O4. The monoisotopic (exact) mass is 341 g/mol. The molecule has 1 aromatic heterocycles. The number of likely N-dealkylation sites (tertiary alicyclic amines) is 1. The van der Waals surface area contributed by atoms with Gasteiger partial charge in [0.15, 0.2) is 0 Å². The fourth-order valence-corrected chi connectivity index (χ4v) is 4.20. The van der Waals surface area contributed by atoms with Gasteiger partial charge in [-0.3, -0.25) is 9.36 Å². The fraction of sp³-hybridized carbons (Fsp3) is 0.667. The number of carboxylic acid groups (broad SMARTS) is 1. The Morgan fingerprint density at radius 2 is 2.04 bits per heavy atom. The van der Waals surface area contributed by atoms with E-state index >= 15 is 0 Å². The molecule has 1 aliphatic carbocycles. The molecule has 126 valence electrons. The normalized spacial score (nSPS) is 26.6. The van der Waals surface area contributed by atoms with E-state index in [1.54, 1.807) is 0 Å². The number of carbonyl (C=O) groups is 1. The lowest BCUT2D eigenvalue weighted by atomic mass is 9.66. The average molecular weight is 342 g/mol. The minimum absolute atomic E-state index is 0.115. The summed E-state index contributed by atoms with van der Waals surface area (Å²) in [6.45, 7) is 0.696. The molecule has 0 unspecified atom stereocenters. The second kappa shape index (κ2) is 5.79. The lowest BCUT2D eigenvalue weighted by molar-refractivity contribution is -0.137. The zero-order valence-corrected chi connectivity index (χ0v) is 13.5. The summed E-state index contributed by atoms with van der Waals surface area (Å²) in [6, 6.07) is 1.22. The highest BCUT2D eigenvalue weighted by Crippen LogP contribution is 2.51. The third kappa shape index (κ3) is 2.83. The Labute approximate surface area is 138 Å². The first-order valence-corrected chi connectivity index (χ1v) is 8.15. The van der Waals surface area contributed by atoms with E-state index in [4.69, 9.17) is 11.6 Å². The number of hydrogen-bond acceptors (Lipinski definition) is 4. The van der Waals surface area contributed by atoms with Gasteiger partial charge in [0, 0.05) is 24.6 Å². The molecule has 1 aromatic rings. The molecule has 1 atom stereocenters. The number of aliphatic hydroxyl groups is 1. The smallest absolute Gasteiger partial charge is 0.407 e. The second-order valence-electron chi connectivity index (χ2n) is 6.65. The standard InChI is InChI=1S/C15H20ClN3O4/c16-11-7-12(20)19(10-17-11)9-15(23)5-6-18(13(21)22)8-14(15)3-1-2-4-14/h7,10,23H,1-6,8-9H2,(H,21,22)/t15-/m1/s1. The van der Waals surface area contributed by atoms with Crippen LogP contribution in [-0.2, 0) is 6.54 Å². The van der Waals surface area contributed by atoms with Crippen LogP contribution in [-0.4, -0.2) is 49.4 Å². The first kappa shape index (κ1) is 16.3. The molecule has 0 aromatic carbocycles. The third-order valence-corrected chi connectivity index (χ3v) is 5.59. The topological polar surface area (TPSA) is 95.7 Å². The van der Waals surface area contributed by atoms with E-state index in [1.807, 2.05) is 0 Å². The maximum Gasteiger partial charge on any atom is 0.407 e. The van der Waals surface area contributed by atoms with Crippen molar-refractivity contribution >= 4 is 17.7 Å². The van der Waals surface area contributed by atoms with Gasteiger partial charge in [0.1, 0.15) is 5.15 Å². The Balaban J connectivity index is 1.92. The molecule has 1 aliphatic heterocycles. The summed E-state index contributed by atoms with van der Waals surface area (Å²) in [5.41, 5.74) is -1.93. The van der Waals surface area contributed by atoms with Crippen LogP contribution in [0.1, 0.15) is 32.1 Å². The highest BCUT2D eigenvalue weighted by Gasteiger charge is 2.55. The van der Waals surface area contributed by atoms with Crippen LogP contribution in [0.5, 0.6) is 0 Å². The molecule has 2 fully saturated rings. The van der Waals surface area contributed by atoms with Gasteiger partial charge in [-0.1, -0.05) is 24.4 Å². The first-order chi connectivity index (χ1) is 10.9. The van der Waals surface area contributed by atoms with Gasteiger partial charge >= 0.3 is 6.09 Å². The Morgan fingerprint density at radius 3 is 2.65 bits per heavy atom. The Hall–Kier alpha value is -1.60. The molecule has 23 heavy (non-hydrogen) atoms. The van der Waals surface area contributed by atoms with Crippen LogP contribution < -0.4 is 5.56 Å². The number of hydrogen-bond donors (Lipinski definition) is 2. The van der Waals surface area contributed by atoms with Gasteiger partial charge in [-0.15, -0.1) is 0 Å². The molecule has 1 saturated carbocycles. The van der Waals surface area contributed by atoms with Crippen molar-refractivity contribution < 1.29 is 15.0 Å². The van der Waals surface area contributed by atoms with Crippen LogP contribution in [0, 0.1) is 5.41 Å². The summed E-state index contributed by atoms with van der Waals surface area (Å²) < 4.78 is 1.36. The Bertz CT molecular complexity index is 671. The highest BCUT2D eigenvalue weighted by molar-refractivity contribution is 6.29. The quantitative estimate of drug-likeness (QED) is 0.796. The van der Waals surface area contributed by atoms with Crippen LogP contribution in [0.2, 0.25) is 5.15 Å². The van der Waals surface area contributed by atoms with Gasteiger partial charge in [-0.05, 0) is 19.3 Å². The molecule has 3 rings (SSSR count). The Kier molecular flexibility index (Phi) is 4.10. The fourth-order valence-electron chi connectivity index (χ4n) is 4.07. The maximum absolute atomic E-state index is 12.1. The van der Waals surface area contributed by atoms with Crippen LogP contribution >= 0.6 is 11.6 Å². The number of nitrogens with zero attached hydrogens (tertiary/aromatic N) is 3. The van der Waals surface area contributed by atoms with Gasteiger partial charge in [-0.25, -0.2) is 9.78 Å². The summed E-state index contributed by atoms with van der Waals surface area (Å²) in [4.78, 5) is 28.7. The second-order valence-corrected chi connectivity index (χ2v) is 7.04. The van der Waals surface area contributed by atoms with Crippen molar-refractivity contribution in [3.63, 3.8) is 0 Å². The van der Waals surface area contributed by atoms with E-state index in [0.717, 1.165) is 25.7 Å². The minimum atomic E-state index is -1.12. The molecule has 2 N–H and O–H groups in total. The summed E-state index contributed by atoms with van der Waals surface area (Å²) in [5.74, 6) is 0. The van der Waals surface area contributed by atoms with Gasteiger partial charge < -0.3 is 15.1 Å². The molecule has 1 spiro atoms. The summed E-state index contributed by atoms with van der Waals surface area (Å²) in [7, 11) is 0. The molecule has 2 aliphatic rings. The number of halogens is 1. The molecule has 1 saturated heterocycles. The largest absolute Gasteiger partial charge is 0.465 e. The SMILES string of the molecule is O=C(O)N1CC[C@@](O)(Cn2cnc(Cl)cc2=O)C2(CCCC2)C1. The molecule has 0 bridgehead atoms. The number of rotatable bonds is 2. The van der Waals surface area contributed by atoms with Gasteiger partial charge in [0.05, 0.1) is 18.5 Å². The molecule has 7 nitrogen and oxygen atoms in total. The van der Waals surface area contributed by atoms with Crippen molar-refractivity contribution in [2.75, 3.05) is 13.1 Å². The lowest BCUT2D eigenvalue weighted by Crippen LogP contribution is -2.62. The van der Waals surface area contributed by atoms with Gasteiger partial charge in [0.2, 0.25) is 0 Å². The van der Waals surface area contributed by atoms with E-state index in [9.17, 15) is 19.8 Å². The molecular weight excluding hydrogens is 322 g/mol. The zero-order valence-electron chi connectivity index (χ0n) is 12.7. The molecule has 0 radical (unpaired) electrons. The first-order valence-electron chi connectivity index (χ1n) is 7.78. The van der Waals surface area contributed by atoms with Gasteiger partial charge in [0.25, 0.3) is 5.56 Å². The van der Waals surface area contributed by atoms with Crippen molar-refractivity contribution in [3.8, 4) is 0 Å². The maximum atomic E-state index is 12.1.